The Balaban J connectivity index is 2.51. The average Bonchev–Trinajstić information content (AvgIpc) is 2.45. The number of carbonyl (C=O) groups excluding carboxylic acids is 2. The highest BCUT2D eigenvalue weighted by molar-refractivity contribution is 5.79. The molecule has 0 saturated heterocycles. The van der Waals surface area contributed by atoms with E-state index in [1.165, 1.54) is 0 Å². The molecule has 1 aromatic carbocycles. The summed E-state index contributed by atoms with van der Waals surface area (Å²) in [6.45, 7) is 5.47. The fraction of sp³-hybridized carbons (Fsp3) is 0.467. The first-order chi connectivity index (χ1) is 10.2. The summed E-state index contributed by atoms with van der Waals surface area (Å²) >= 11 is 0. The summed E-state index contributed by atoms with van der Waals surface area (Å²) in [5, 5.41) is 0. The number of esters is 2. The van der Waals surface area contributed by atoms with Gasteiger partial charge in [0, 0.05) is 0 Å². The van der Waals surface area contributed by atoms with Crippen LogP contribution in [0.3, 0.4) is 0 Å². The Morgan fingerprint density at radius 3 is 2.18 bits per heavy atom. The molecule has 0 spiro atoms. The highest BCUT2D eigenvalue weighted by atomic mass is 19.2. The highest BCUT2D eigenvalue weighted by Gasteiger charge is 2.19. The largest absolute Gasteiger partial charge is 0.462 e. The Morgan fingerprint density at radius 2 is 1.59 bits per heavy atom. The molecule has 0 aromatic heterocycles. The van der Waals surface area contributed by atoms with Gasteiger partial charge in [-0.25, -0.2) is 8.78 Å². The van der Waals surface area contributed by atoms with Crippen molar-refractivity contribution in [2.45, 2.75) is 39.7 Å². The molecule has 0 bridgehead atoms. The van der Waals surface area contributed by atoms with Crippen LogP contribution in [-0.2, 0) is 14.3 Å². The van der Waals surface area contributed by atoms with Gasteiger partial charge >= 0.3 is 11.9 Å². The Kier molecular flexibility index (Phi) is 6.39. The monoisotopic (exact) mass is 318 g/mol. The molecule has 1 rings (SSSR count). The molecule has 1 aromatic rings. The highest BCUT2D eigenvalue weighted by Crippen LogP contribution is 2.22. The minimum Gasteiger partial charge on any atom is -0.462 e. The molecule has 0 saturated carbocycles. The molecular weight excluding hydrogens is 301 g/mol. The molecule has 0 aliphatic heterocycles. The van der Waals surface area contributed by atoms with Crippen LogP contribution in [0.2, 0.25) is 0 Å². The van der Waals surface area contributed by atoms with E-state index in [2.05, 4.69) is 4.74 Å². The number of rotatable bonds is 6. The predicted octanol–water partition coefficient (Wildman–Crippen LogP) is 3.38. The van der Waals surface area contributed by atoms with Gasteiger partial charge in [-0.2, -0.15) is 4.39 Å². The molecule has 7 heteroatoms. The Labute approximate surface area is 126 Å². The number of benzene rings is 1. The summed E-state index contributed by atoms with van der Waals surface area (Å²) in [7, 11) is 0. The van der Waals surface area contributed by atoms with Crippen LogP contribution < -0.4 is 4.74 Å². The van der Waals surface area contributed by atoms with Gasteiger partial charge in [0.05, 0.1) is 12.8 Å². The molecule has 22 heavy (non-hydrogen) atoms. The third-order valence-electron chi connectivity index (χ3n) is 3.01. The lowest BCUT2D eigenvalue weighted by molar-refractivity contribution is -0.152. The van der Waals surface area contributed by atoms with Crippen LogP contribution in [0.25, 0.3) is 0 Å². The molecule has 1 unspecified atom stereocenters. The molecular formula is C15H17F3O4. The van der Waals surface area contributed by atoms with Crippen molar-refractivity contribution < 1.29 is 32.2 Å². The van der Waals surface area contributed by atoms with Gasteiger partial charge in [-0.05, 0) is 25.0 Å². The van der Waals surface area contributed by atoms with Crippen molar-refractivity contribution in [1.82, 2.24) is 0 Å². The second-order valence-electron chi connectivity index (χ2n) is 5.09. The summed E-state index contributed by atoms with van der Waals surface area (Å²) in [5.74, 6) is -6.84. The molecule has 4 nitrogen and oxygen atoms in total. The summed E-state index contributed by atoms with van der Waals surface area (Å²) in [6.07, 6.45) is -0.907. The van der Waals surface area contributed by atoms with Gasteiger partial charge in [0.25, 0.3) is 0 Å². The van der Waals surface area contributed by atoms with E-state index < -0.39 is 35.1 Å². The van der Waals surface area contributed by atoms with E-state index in [0.717, 1.165) is 6.07 Å². The fourth-order valence-corrected chi connectivity index (χ4v) is 1.37. The van der Waals surface area contributed by atoms with E-state index in [1.54, 1.807) is 6.92 Å². The third-order valence-corrected chi connectivity index (χ3v) is 3.01. The van der Waals surface area contributed by atoms with Gasteiger partial charge in [0.2, 0.25) is 5.82 Å². The molecule has 0 heterocycles. The van der Waals surface area contributed by atoms with E-state index in [1.807, 2.05) is 13.8 Å². The van der Waals surface area contributed by atoms with E-state index >= 15 is 0 Å². The molecule has 0 N–H and O–H groups in total. The first-order valence-electron chi connectivity index (χ1n) is 6.76. The zero-order valence-corrected chi connectivity index (χ0v) is 12.5. The van der Waals surface area contributed by atoms with Crippen molar-refractivity contribution in [1.29, 1.82) is 0 Å². The summed E-state index contributed by atoms with van der Waals surface area (Å²) in [6, 6.07) is 1.43. The van der Waals surface area contributed by atoms with Crippen molar-refractivity contribution in [3.05, 3.63) is 29.6 Å². The number of hydrogen-bond acceptors (Lipinski definition) is 4. The molecule has 0 aliphatic rings. The van der Waals surface area contributed by atoms with Gasteiger partial charge in [-0.3, -0.25) is 9.59 Å². The third kappa shape index (κ3) is 5.05. The van der Waals surface area contributed by atoms with Crippen LogP contribution in [0, 0.1) is 23.4 Å². The Morgan fingerprint density at radius 1 is 1.00 bits per heavy atom. The minimum absolute atomic E-state index is 0.132. The second-order valence-corrected chi connectivity index (χ2v) is 5.09. The van der Waals surface area contributed by atoms with Crippen LogP contribution in [0.5, 0.6) is 5.75 Å². The summed E-state index contributed by atoms with van der Waals surface area (Å²) < 4.78 is 48.6. The molecule has 0 radical (unpaired) electrons. The van der Waals surface area contributed by atoms with E-state index in [0.29, 0.717) is 6.07 Å². The van der Waals surface area contributed by atoms with Gasteiger partial charge < -0.3 is 9.47 Å². The minimum atomic E-state index is -1.73. The van der Waals surface area contributed by atoms with Crippen LogP contribution >= 0.6 is 0 Å². The maximum atomic E-state index is 13.3. The summed E-state index contributed by atoms with van der Waals surface area (Å²) in [5.41, 5.74) is 0. The van der Waals surface area contributed by atoms with Gasteiger partial charge in [0.15, 0.2) is 17.4 Å². The zero-order valence-electron chi connectivity index (χ0n) is 12.5. The molecule has 1 atom stereocenters. The standard InChI is InChI=1S/C15H17F3O4/c1-8(2)9(3)21-12(19)6-7-13(20)22-11-5-4-10(16)14(17)15(11)18/h4-5,8-9H,6-7H2,1-3H3. The van der Waals surface area contributed by atoms with Crippen LogP contribution in [-0.4, -0.2) is 18.0 Å². The zero-order chi connectivity index (χ0) is 16.9. The Bertz CT molecular complexity index is 558. The van der Waals surface area contributed by atoms with Crippen LogP contribution in [0.1, 0.15) is 33.6 Å². The SMILES string of the molecule is CC(C)C(C)OC(=O)CCC(=O)Oc1ccc(F)c(F)c1F. The molecule has 0 fully saturated rings. The summed E-state index contributed by atoms with van der Waals surface area (Å²) in [4.78, 5) is 22.9. The van der Waals surface area contributed by atoms with Gasteiger partial charge in [-0.15, -0.1) is 0 Å². The van der Waals surface area contributed by atoms with E-state index in [4.69, 9.17) is 4.74 Å². The van der Waals surface area contributed by atoms with Crippen molar-refractivity contribution >= 4 is 11.9 Å². The van der Waals surface area contributed by atoms with Crippen molar-refractivity contribution in [2.24, 2.45) is 5.92 Å². The quantitative estimate of drug-likeness (QED) is 0.458. The van der Waals surface area contributed by atoms with Crippen molar-refractivity contribution in [2.75, 3.05) is 0 Å². The van der Waals surface area contributed by atoms with Crippen LogP contribution in [0.15, 0.2) is 12.1 Å². The smallest absolute Gasteiger partial charge is 0.311 e. The van der Waals surface area contributed by atoms with Crippen molar-refractivity contribution in [3.63, 3.8) is 0 Å². The van der Waals surface area contributed by atoms with E-state index in [9.17, 15) is 22.8 Å². The average molecular weight is 318 g/mol. The number of hydrogen-bond donors (Lipinski definition) is 0. The lowest BCUT2D eigenvalue weighted by Crippen LogP contribution is -2.21. The maximum absolute atomic E-state index is 13.3. The van der Waals surface area contributed by atoms with Crippen molar-refractivity contribution in [3.8, 4) is 5.75 Å². The maximum Gasteiger partial charge on any atom is 0.311 e. The molecule has 0 aliphatic carbocycles. The van der Waals surface area contributed by atoms with E-state index in [-0.39, 0.29) is 24.9 Å². The number of carbonyl (C=O) groups is 2. The second kappa shape index (κ2) is 7.82. The van der Waals surface area contributed by atoms with Gasteiger partial charge in [-0.1, -0.05) is 13.8 Å². The first-order valence-corrected chi connectivity index (χ1v) is 6.76. The number of ether oxygens (including phenoxy) is 2. The lowest BCUT2D eigenvalue weighted by atomic mass is 10.1. The number of halogens is 3. The topological polar surface area (TPSA) is 52.6 Å². The molecule has 0 amide bonds. The fourth-order valence-electron chi connectivity index (χ4n) is 1.37. The normalized spacial score (nSPS) is 12.1. The Hall–Kier alpha value is -2.05. The first kappa shape index (κ1) is 18.0. The lowest BCUT2D eigenvalue weighted by Gasteiger charge is -2.16. The van der Waals surface area contributed by atoms with Gasteiger partial charge in [0.1, 0.15) is 6.10 Å². The predicted molar refractivity (Wildman–Crippen MR) is 71.6 cm³/mol. The van der Waals surface area contributed by atoms with Crippen LogP contribution in [0.4, 0.5) is 13.2 Å². The molecule has 122 valence electrons.